The van der Waals surface area contributed by atoms with E-state index in [1.807, 2.05) is 0 Å². The first-order valence-electron chi connectivity index (χ1n) is 10.9. The zero-order valence-electron chi connectivity index (χ0n) is 18.0. The van der Waals surface area contributed by atoms with Gasteiger partial charge in [-0.25, -0.2) is 0 Å². The number of hydrogen-bond donors (Lipinski definition) is 2. The lowest BCUT2D eigenvalue weighted by Crippen LogP contribution is -2.31. The molecule has 0 radical (unpaired) electrons. The van der Waals surface area contributed by atoms with Crippen molar-refractivity contribution < 1.29 is 5.21 Å². The van der Waals surface area contributed by atoms with Crippen LogP contribution in [0.4, 0.5) is 5.69 Å². The Morgan fingerprint density at radius 2 is 1.77 bits per heavy atom. The molecule has 1 heterocycles. The van der Waals surface area contributed by atoms with E-state index in [0.717, 1.165) is 41.9 Å². The van der Waals surface area contributed by atoms with E-state index >= 15 is 0 Å². The molecule has 2 aliphatic rings. The van der Waals surface area contributed by atoms with Crippen molar-refractivity contribution in [1.29, 1.82) is 0 Å². The van der Waals surface area contributed by atoms with Crippen LogP contribution in [-0.4, -0.2) is 35.2 Å². The van der Waals surface area contributed by atoms with Crippen LogP contribution in [0, 0.1) is 5.92 Å². The fourth-order valence-electron chi connectivity index (χ4n) is 4.82. The smallest absolute Gasteiger partial charge is 0.117 e. The summed E-state index contributed by atoms with van der Waals surface area (Å²) in [7, 11) is 4.12. The van der Waals surface area contributed by atoms with Gasteiger partial charge in [0.25, 0.3) is 0 Å². The molecule has 0 aliphatic heterocycles. The number of anilines is 1. The quantitative estimate of drug-likeness (QED) is 0.352. The number of hydrogen-bond acceptors (Lipinski definition) is 4. The first-order valence-corrected chi connectivity index (χ1v) is 10.9. The highest BCUT2D eigenvalue weighted by Gasteiger charge is 2.38. The molecule has 2 aromatic carbocycles. The average Bonchev–Trinajstić information content (AvgIpc) is 3.19. The van der Waals surface area contributed by atoms with Gasteiger partial charge in [0.15, 0.2) is 0 Å². The van der Waals surface area contributed by atoms with Crippen LogP contribution in [0.15, 0.2) is 65.8 Å². The molecule has 1 saturated carbocycles. The first kappa shape index (κ1) is 19.6. The van der Waals surface area contributed by atoms with Crippen LogP contribution in [0.3, 0.4) is 0 Å². The van der Waals surface area contributed by atoms with Crippen LogP contribution in [0.2, 0.25) is 0 Å². The predicted octanol–water partition coefficient (Wildman–Crippen LogP) is 5.01. The van der Waals surface area contributed by atoms with E-state index in [-0.39, 0.29) is 5.41 Å². The molecule has 5 heteroatoms. The first-order chi connectivity index (χ1) is 15.1. The van der Waals surface area contributed by atoms with Crippen LogP contribution in [0.5, 0.6) is 0 Å². The Hall–Kier alpha value is -3.34. The van der Waals surface area contributed by atoms with E-state index in [4.69, 9.17) is 0 Å². The Morgan fingerprint density at radius 3 is 2.39 bits per heavy atom. The lowest BCUT2D eigenvalue weighted by atomic mass is 9.68. The lowest BCUT2D eigenvalue weighted by Gasteiger charge is -2.35. The molecule has 0 saturated heterocycles. The number of fused-ring (bicyclic) bond motifs is 1. The van der Waals surface area contributed by atoms with Gasteiger partial charge in [-0.3, -0.25) is 5.10 Å². The fraction of sp³-hybridized carbons (Fsp3) is 0.308. The molecule has 158 valence electrons. The van der Waals surface area contributed by atoms with E-state index < -0.39 is 0 Å². The number of nitrogens with one attached hydrogen (secondary N) is 1. The second-order valence-corrected chi connectivity index (χ2v) is 8.87. The van der Waals surface area contributed by atoms with Crippen LogP contribution in [0.25, 0.3) is 6.08 Å². The van der Waals surface area contributed by atoms with Gasteiger partial charge in [0.1, 0.15) is 11.4 Å². The summed E-state index contributed by atoms with van der Waals surface area (Å²) in [5, 5.41) is 21.2. The summed E-state index contributed by atoms with van der Waals surface area (Å²) in [6.45, 7) is 0. The maximum absolute atomic E-state index is 9.67. The SMILES string of the molecule is CN(C)c1ccc(C2(c3ccccc3)C=Cc3c(C(=NO)C4CCC4)n[nH]c3C2)cc1. The molecule has 1 aromatic heterocycles. The van der Waals surface area contributed by atoms with Crippen molar-refractivity contribution in [2.24, 2.45) is 11.1 Å². The predicted molar refractivity (Wildman–Crippen MR) is 125 cm³/mol. The molecular formula is C26H28N4O. The maximum atomic E-state index is 9.67. The third-order valence-corrected chi connectivity index (χ3v) is 6.90. The topological polar surface area (TPSA) is 64.5 Å². The number of benzene rings is 2. The molecule has 1 unspecified atom stereocenters. The molecule has 0 spiro atoms. The Kier molecular flexibility index (Phi) is 4.89. The summed E-state index contributed by atoms with van der Waals surface area (Å²) < 4.78 is 0. The van der Waals surface area contributed by atoms with Gasteiger partial charge in [-0.2, -0.15) is 5.10 Å². The highest BCUT2D eigenvalue weighted by Crippen LogP contribution is 2.43. The Balaban J connectivity index is 1.59. The van der Waals surface area contributed by atoms with Gasteiger partial charge in [0.2, 0.25) is 0 Å². The summed E-state index contributed by atoms with van der Waals surface area (Å²) in [4.78, 5) is 2.12. The molecular weight excluding hydrogens is 384 g/mol. The molecule has 5 rings (SSSR count). The largest absolute Gasteiger partial charge is 0.411 e. The van der Waals surface area contributed by atoms with Gasteiger partial charge in [0, 0.05) is 48.8 Å². The second kappa shape index (κ2) is 7.73. The van der Waals surface area contributed by atoms with Crippen LogP contribution >= 0.6 is 0 Å². The molecule has 31 heavy (non-hydrogen) atoms. The third-order valence-electron chi connectivity index (χ3n) is 6.90. The lowest BCUT2D eigenvalue weighted by molar-refractivity contribution is 0.305. The van der Waals surface area contributed by atoms with E-state index in [2.05, 4.69) is 101 Å². The number of oxime groups is 1. The van der Waals surface area contributed by atoms with Gasteiger partial charge < -0.3 is 10.1 Å². The van der Waals surface area contributed by atoms with Crippen LogP contribution in [0.1, 0.15) is 47.3 Å². The number of allylic oxidation sites excluding steroid dienone is 1. The van der Waals surface area contributed by atoms with Crippen molar-refractivity contribution in [2.45, 2.75) is 31.1 Å². The molecule has 3 aromatic rings. The Morgan fingerprint density at radius 1 is 1.06 bits per heavy atom. The van der Waals surface area contributed by atoms with E-state index in [1.54, 1.807) is 0 Å². The molecule has 1 atom stereocenters. The molecule has 0 bridgehead atoms. The summed E-state index contributed by atoms with van der Waals surface area (Å²) in [5.74, 6) is 0.310. The summed E-state index contributed by atoms with van der Waals surface area (Å²) in [5.41, 5.74) is 7.04. The number of nitrogens with zero attached hydrogens (tertiary/aromatic N) is 3. The van der Waals surface area contributed by atoms with Gasteiger partial charge in [0.05, 0.1) is 0 Å². The summed E-state index contributed by atoms with van der Waals surface area (Å²) in [6.07, 6.45) is 8.55. The number of aromatic amines is 1. The minimum atomic E-state index is -0.282. The number of H-pyrrole nitrogens is 1. The van der Waals surface area contributed by atoms with Crippen molar-refractivity contribution in [1.82, 2.24) is 10.2 Å². The maximum Gasteiger partial charge on any atom is 0.117 e. The number of rotatable bonds is 5. The Labute approximate surface area is 183 Å². The van der Waals surface area contributed by atoms with Gasteiger partial charge in [-0.05, 0) is 36.1 Å². The molecule has 0 amide bonds. The minimum absolute atomic E-state index is 0.282. The van der Waals surface area contributed by atoms with Crippen LogP contribution < -0.4 is 4.90 Å². The minimum Gasteiger partial charge on any atom is -0.411 e. The normalized spacial score (nSPS) is 20.9. The van der Waals surface area contributed by atoms with E-state index in [1.165, 1.54) is 23.2 Å². The standard InChI is InChI=1S/C26H28N4O/c1-30(2)21-13-11-20(12-14-21)26(19-9-4-3-5-10-19)16-15-22-23(17-26)27-28-25(22)24(29-31)18-7-6-8-18/h3-5,9-16,18,31H,6-8,17H2,1-2H3,(H,27,28). The highest BCUT2D eigenvalue weighted by atomic mass is 16.4. The van der Waals surface area contributed by atoms with Crippen molar-refractivity contribution >= 4 is 17.5 Å². The van der Waals surface area contributed by atoms with Crippen molar-refractivity contribution in [3.05, 3.63) is 88.8 Å². The molecule has 5 nitrogen and oxygen atoms in total. The van der Waals surface area contributed by atoms with Gasteiger partial charge in [-0.1, -0.05) is 66.2 Å². The van der Waals surface area contributed by atoms with Gasteiger partial charge >= 0.3 is 0 Å². The molecule has 2 aliphatic carbocycles. The van der Waals surface area contributed by atoms with E-state index in [0.29, 0.717) is 5.92 Å². The van der Waals surface area contributed by atoms with Crippen molar-refractivity contribution in [2.75, 3.05) is 19.0 Å². The summed E-state index contributed by atoms with van der Waals surface area (Å²) >= 11 is 0. The number of aromatic nitrogens is 2. The zero-order valence-corrected chi connectivity index (χ0v) is 18.0. The van der Waals surface area contributed by atoms with Crippen molar-refractivity contribution in [3.8, 4) is 0 Å². The van der Waals surface area contributed by atoms with E-state index in [9.17, 15) is 5.21 Å². The zero-order chi connectivity index (χ0) is 21.4. The van der Waals surface area contributed by atoms with Gasteiger partial charge in [-0.15, -0.1) is 0 Å². The van der Waals surface area contributed by atoms with Crippen molar-refractivity contribution in [3.63, 3.8) is 0 Å². The molecule has 1 fully saturated rings. The monoisotopic (exact) mass is 412 g/mol. The average molecular weight is 413 g/mol. The third kappa shape index (κ3) is 3.25. The highest BCUT2D eigenvalue weighted by molar-refractivity contribution is 6.04. The summed E-state index contributed by atoms with van der Waals surface area (Å²) in [6, 6.07) is 19.4. The Bertz CT molecular complexity index is 1120. The molecule has 2 N–H and O–H groups in total. The fourth-order valence-corrected chi connectivity index (χ4v) is 4.82. The van der Waals surface area contributed by atoms with Crippen LogP contribution in [-0.2, 0) is 11.8 Å². The second-order valence-electron chi connectivity index (χ2n) is 8.87.